The van der Waals surface area contributed by atoms with Crippen LogP contribution in [-0.2, 0) is 16.1 Å². The molecule has 24 heavy (non-hydrogen) atoms. The van der Waals surface area contributed by atoms with Crippen molar-refractivity contribution in [2.75, 3.05) is 0 Å². The molecule has 2 N–H and O–H groups in total. The molecule has 2 aromatic rings. The Morgan fingerprint density at radius 1 is 1.17 bits per heavy atom. The number of ether oxygens (including phenoxy) is 1. The van der Waals surface area contributed by atoms with Crippen molar-refractivity contribution < 1.29 is 23.8 Å². The van der Waals surface area contributed by atoms with Crippen LogP contribution in [0.25, 0.3) is 0 Å². The quantitative estimate of drug-likeness (QED) is 0.848. The van der Waals surface area contributed by atoms with E-state index in [0.29, 0.717) is 5.56 Å². The van der Waals surface area contributed by atoms with Gasteiger partial charge < -0.3 is 15.2 Å². The lowest BCUT2D eigenvalue weighted by Gasteiger charge is -2.18. The molecule has 0 fully saturated rings. The van der Waals surface area contributed by atoms with Crippen molar-refractivity contribution in [2.45, 2.75) is 26.0 Å². The summed E-state index contributed by atoms with van der Waals surface area (Å²) in [6, 6.07) is 12.7. The van der Waals surface area contributed by atoms with Crippen molar-refractivity contribution in [1.82, 2.24) is 5.32 Å². The second-order valence-electron chi connectivity index (χ2n) is 5.33. The molecule has 126 valence electrons. The molecule has 0 aliphatic rings. The van der Waals surface area contributed by atoms with Gasteiger partial charge in [0.25, 0.3) is 0 Å². The molecule has 0 radical (unpaired) electrons. The van der Waals surface area contributed by atoms with Crippen molar-refractivity contribution in [3.05, 3.63) is 71.0 Å². The van der Waals surface area contributed by atoms with Crippen molar-refractivity contribution in [2.24, 2.45) is 0 Å². The molecular weight excluding hydrogens is 313 g/mol. The van der Waals surface area contributed by atoms with E-state index in [0.717, 1.165) is 5.56 Å². The topological polar surface area (TPSA) is 75.6 Å². The van der Waals surface area contributed by atoms with Crippen molar-refractivity contribution in [3.8, 4) is 0 Å². The van der Waals surface area contributed by atoms with Gasteiger partial charge >= 0.3 is 12.1 Å². The minimum absolute atomic E-state index is 0.0444. The van der Waals surface area contributed by atoms with Gasteiger partial charge in [0.1, 0.15) is 12.4 Å². The third-order valence-corrected chi connectivity index (χ3v) is 3.48. The van der Waals surface area contributed by atoms with E-state index in [1.54, 1.807) is 31.2 Å². The van der Waals surface area contributed by atoms with Crippen LogP contribution in [-0.4, -0.2) is 17.2 Å². The van der Waals surface area contributed by atoms with E-state index >= 15 is 0 Å². The SMILES string of the molecule is Cc1cccc([C@H](CC(=O)O)NC(=O)OCc2ccccc2)c1F. The molecule has 2 rings (SSSR count). The van der Waals surface area contributed by atoms with Crippen LogP contribution in [0.1, 0.15) is 29.2 Å². The number of carboxylic acid groups (broad SMARTS) is 1. The second-order valence-corrected chi connectivity index (χ2v) is 5.33. The predicted molar refractivity (Wildman–Crippen MR) is 85.9 cm³/mol. The van der Waals surface area contributed by atoms with Crippen LogP contribution in [0.15, 0.2) is 48.5 Å². The molecule has 0 heterocycles. The zero-order valence-electron chi connectivity index (χ0n) is 13.2. The summed E-state index contributed by atoms with van der Waals surface area (Å²) in [5.74, 6) is -1.68. The Morgan fingerprint density at radius 2 is 1.88 bits per heavy atom. The first-order valence-electron chi connectivity index (χ1n) is 7.41. The van der Waals surface area contributed by atoms with Gasteiger partial charge in [-0.3, -0.25) is 4.79 Å². The molecule has 0 saturated carbocycles. The Balaban J connectivity index is 2.07. The first-order valence-corrected chi connectivity index (χ1v) is 7.41. The van der Waals surface area contributed by atoms with Gasteiger partial charge in [-0.15, -0.1) is 0 Å². The Morgan fingerprint density at radius 3 is 2.54 bits per heavy atom. The lowest BCUT2D eigenvalue weighted by molar-refractivity contribution is -0.137. The van der Waals surface area contributed by atoms with Crippen LogP contribution in [0.3, 0.4) is 0 Å². The zero-order valence-corrected chi connectivity index (χ0v) is 13.2. The molecule has 0 saturated heterocycles. The molecular formula is C18H18FNO4. The summed E-state index contributed by atoms with van der Waals surface area (Å²) in [7, 11) is 0. The molecule has 1 atom stereocenters. The van der Waals surface area contributed by atoms with E-state index in [2.05, 4.69) is 5.32 Å². The van der Waals surface area contributed by atoms with Gasteiger partial charge in [0.05, 0.1) is 12.5 Å². The van der Waals surface area contributed by atoms with Crippen LogP contribution in [0.2, 0.25) is 0 Å². The van der Waals surface area contributed by atoms with Crippen LogP contribution in [0.5, 0.6) is 0 Å². The third-order valence-electron chi connectivity index (χ3n) is 3.48. The van der Waals surface area contributed by atoms with E-state index in [9.17, 15) is 14.0 Å². The van der Waals surface area contributed by atoms with Gasteiger partial charge in [-0.05, 0) is 18.1 Å². The minimum Gasteiger partial charge on any atom is -0.481 e. The average molecular weight is 331 g/mol. The fourth-order valence-electron chi connectivity index (χ4n) is 2.26. The number of hydrogen-bond donors (Lipinski definition) is 2. The number of nitrogens with one attached hydrogen (secondary N) is 1. The summed E-state index contributed by atoms with van der Waals surface area (Å²) in [4.78, 5) is 23.0. The van der Waals surface area contributed by atoms with Crippen LogP contribution >= 0.6 is 0 Å². The maximum absolute atomic E-state index is 14.2. The first-order chi connectivity index (χ1) is 11.5. The van der Waals surface area contributed by atoms with Gasteiger partial charge in [-0.1, -0.05) is 48.5 Å². The number of carboxylic acids is 1. The highest BCUT2D eigenvalue weighted by molar-refractivity contribution is 5.72. The molecule has 6 heteroatoms. The maximum Gasteiger partial charge on any atom is 0.407 e. The van der Waals surface area contributed by atoms with Crippen LogP contribution < -0.4 is 5.32 Å². The fourth-order valence-corrected chi connectivity index (χ4v) is 2.26. The van der Waals surface area contributed by atoms with Gasteiger partial charge in [-0.25, -0.2) is 9.18 Å². The van der Waals surface area contributed by atoms with Crippen LogP contribution in [0.4, 0.5) is 9.18 Å². The molecule has 2 aromatic carbocycles. The molecule has 5 nitrogen and oxygen atoms in total. The number of aryl methyl sites for hydroxylation is 1. The van der Waals surface area contributed by atoms with Crippen molar-refractivity contribution in [3.63, 3.8) is 0 Å². The van der Waals surface area contributed by atoms with Crippen molar-refractivity contribution in [1.29, 1.82) is 0 Å². The van der Waals surface area contributed by atoms with Gasteiger partial charge in [0, 0.05) is 5.56 Å². The van der Waals surface area contributed by atoms with Gasteiger partial charge in [-0.2, -0.15) is 0 Å². The molecule has 0 aliphatic carbocycles. The van der Waals surface area contributed by atoms with E-state index < -0.39 is 30.3 Å². The number of aliphatic carboxylic acids is 1. The number of hydrogen-bond acceptors (Lipinski definition) is 3. The van der Waals surface area contributed by atoms with Crippen LogP contribution in [0, 0.1) is 12.7 Å². The average Bonchev–Trinajstić information content (AvgIpc) is 2.55. The Hall–Kier alpha value is -2.89. The molecule has 1 amide bonds. The summed E-state index contributed by atoms with van der Waals surface area (Å²) >= 11 is 0. The molecule has 0 aliphatic heterocycles. The number of halogens is 1. The number of carbonyl (C=O) groups is 2. The third kappa shape index (κ3) is 4.81. The summed E-state index contributed by atoms with van der Waals surface area (Å²) in [6.07, 6.45) is -1.24. The number of rotatable bonds is 6. The smallest absolute Gasteiger partial charge is 0.407 e. The Kier molecular flexibility index (Phi) is 5.89. The lowest BCUT2D eigenvalue weighted by atomic mass is 10.0. The van der Waals surface area contributed by atoms with Gasteiger partial charge in [0.15, 0.2) is 0 Å². The van der Waals surface area contributed by atoms with E-state index in [-0.39, 0.29) is 12.2 Å². The zero-order chi connectivity index (χ0) is 17.5. The highest BCUT2D eigenvalue weighted by Gasteiger charge is 2.22. The maximum atomic E-state index is 14.2. The van der Waals surface area contributed by atoms with Crippen molar-refractivity contribution >= 4 is 12.1 Å². The highest BCUT2D eigenvalue weighted by atomic mass is 19.1. The summed E-state index contributed by atoms with van der Waals surface area (Å²) < 4.78 is 19.3. The number of carbonyl (C=O) groups excluding carboxylic acids is 1. The Labute approximate surface area is 139 Å². The normalized spacial score (nSPS) is 11.6. The second kappa shape index (κ2) is 8.10. The number of benzene rings is 2. The van der Waals surface area contributed by atoms with E-state index in [1.807, 2.05) is 18.2 Å². The summed E-state index contributed by atoms with van der Waals surface area (Å²) in [6.45, 7) is 1.62. The summed E-state index contributed by atoms with van der Waals surface area (Å²) in [5, 5.41) is 11.4. The molecule has 0 spiro atoms. The number of amides is 1. The fraction of sp³-hybridized carbons (Fsp3) is 0.222. The lowest BCUT2D eigenvalue weighted by Crippen LogP contribution is -2.31. The molecule has 0 bridgehead atoms. The monoisotopic (exact) mass is 331 g/mol. The number of alkyl carbamates (subject to hydrolysis) is 1. The Bertz CT molecular complexity index is 718. The molecule has 0 unspecified atom stereocenters. The minimum atomic E-state index is -1.15. The highest BCUT2D eigenvalue weighted by Crippen LogP contribution is 2.22. The van der Waals surface area contributed by atoms with E-state index in [1.165, 1.54) is 6.07 Å². The molecule has 0 aromatic heterocycles. The first kappa shape index (κ1) is 17.5. The van der Waals surface area contributed by atoms with Gasteiger partial charge in [0.2, 0.25) is 0 Å². The summed E-state index contributed by atoms with van der Waals surface area (Å²) in [5.41, 5.74) is 1.29. The predicted octanol–water partition coefficient (Wildman–Crippen LogP) is 3.58. The largest absolute Gasteiger partial charge is 0.481 e. The standard InChI is InChI=1S/C18H18FNO4/c1-12-6-5-9-14(17(12)19)15(10-16(21)22)20-18(23)24-11-13-7-3-2-4-8-13/h2-9,15H,10-11H2,1H3,(H,20,23)(H,21,22)/t15-/m0/s1. The van der Waals surface area contributed by atoms with E-state index in [4.69, 9.17) is 9.84 Å².